The zero-order valence-electron chi connectivity index (χ0n) is 10.8. The lowest BCUT2D eigenvalue weighted by atomic mass is 9.74. The number of aromatic nitrogens is 1. The van der Waals surface area contributed by atoms with Gasteiger partial charge >= 0.3 is 0 Å². The van der Waals surface area contributed by atoms with E-state index >= 15 is 0 Å². The van der Waals surface area contributed by atoms with Gasteiger partial charge in [-0.25, -0.2) is 4.98 Å². The number of hydrogen-bond donors (Lipinski definition) is 2. The number of nitrogens with one attached hydrogen (secondary N) is 1. The van der Waals surface area contributed by atoms with Crippen LogP contribution in [0.25, 0.3) is 11.1 Å². The molecule has 2 fully saturated rings. The monoisotopic (exact) mass is 258 g/mol. The van der Waals surface area contributed by atoms with Crippen LogP contribution in [0.5, 0.6) is 0 Å². The molecule has 4 rings (SSSR count). The fourth-order valence-corrected chi connectivity index (χ4v) is 3.71. The fourth-order valence-electron chi connectivity index (χ4n) is 3.71. The third-order valence-corrected chi connectivity index (χ3v) is 4.61. The molecule has 2 atom stereocenters. The van der Waals surface area contributed by atoms with Crippen LogP contribution in [0.1, 0.15) is 37.7 Å². The average Bonchev–Trinajstić information content (AvgIpc) is 2.85. The minimum atomic E-state index is -0.714. The van der Waals surface area contributed by atoms with Crippen molar-refractivity contribution in [2.75, 3.05) is 0 Å². The molecule has 2 saturated heterocycles. The van der Waals surface area contributed by atoms with E-state index in [2.05, 4.69) is 10.3 Å². The number of fused-ring (bicyclic) bond motifs is 3. The molecule has 2 aliphatic rings. The maximum Gasteiger partial charge on any atom is 0.181 e. The molecule has 0 spiro atoms. The van der Waals surface area contributed by atoms with E-state index in [-0.39, 0.29) is 0 Å². The standard InChI is InChI=1S/C15H18N2O2/c18-15(7-11-2-1-3-12(8-15)17-11)10-4-5-14-13(6-10)16-9-19-14/h4-6,9,11-12,17-18H,1-3,7-8H2. The van der Waals surface area contributed by atoms with Crippen molar-refractivity contribution in [2.24, 2.45) is 0 Å². The van der Waals surface area contributed by atoms with E-state index in [0.717, 1.165) is 29.5 Å². The number of oxazole rings is 1. The molecule has 2 unspecified atom stereocenters. The summed E-state index contributed by atoms with van der Waals surface area (Å²) in [5.74, 6) is 0. The Hall–Kier alpha value is -1.39. The topological polar surface area (TPSA) is 58.3 Å². The van der Waals surface area contributed by atoms with Gasteiger partial charge in [0.05, 0.1) is 5.60 Å². The quantitative estimate of drug-likeness (QED) is 0.824. The van der Waals surface area contributed by atoms with Crippen molar-refractivity contribution in [3.63, 3.8) is 0 Å². The molecule has 4 heteroatoms. The van der Waals surface area contributed by atoms with Crippen molar-refractivity contribution in [1.82, 2.24) is 10.3 Å². The van der Waals surface area contributed by atoms with Crippen molar-refractivity contribution in [3.8, 4) is 0 Å². The second-order valence-corrected chi connectivity index (χ2v) is 5.97. The van der Waals surface area contributed by atoms with E-state index in [1.165, 1.54) is 25.7 Å². The summed E-state index contributed by atoms with van der Waals surface area (Å²) in [6.45, 7) is 0. The van der Waals surface area contributed by atoms with Crippen molar-refractivity contribution in [1.29, 1.82) is 0 Å². The molecule has 1 aromatic heterocycles. The summed E-state index contributed by atoms with van der Waals surface area (Å²) < 4.78 is 5.26. The van der Waals surface area contributed by atoms with Crippen molar-refractivity contribution in [2.45, 2.75) is 49.8 Å². The smallest absolute Gasteiger partial charge is 0.181 e. The van der Waals surface area contributed by atoms with Gasteiger partial charge < -0.3 is 14.8 Å². The van der Waals surface area contributed by atoms with Crippen molar-refractivity contribution >= 4 is 11.1 Å². The summed E-state index contributed by atoms with van der Waals surface area (Å²) in [6, 6.07) is 6.76. The zero-order chi connectivity index (χ0) is 12.9. The highest BCUT2D eigenvalue weighted by molar-refractivity contribution is 5.73. The Morgan fingerprint density at radius 1 is 1.26 bits per heavy atom. The molecule has 2 aliphatic heterocycles. The van der Waals surface area contributed by atoms with Crippen LogP contribution in [0.15, 0.2) is 29.0 Å². The number of rotatable bonds is 1. The molecule has 3 heterocycles. The molecule has 0 saturated carbocycles. The van der Waals surface area contributed by atoms with Crippen LogP contribution < -0.4 is 5.32 Å². The van der Waals surface area contributed by atoms with Crippen LogP contribution in [-0.2, 0) is 5.60 Å². The van der Waals surface area contributed by atoms with Crippen molar-refractivity contribution < 1.29 is 9.52 Å². The summed E-state index contributed by atoms with van der Waals surface area (Å²) in [5, 5.41) is 14.7. The predicted octanol–water partition coefficient (Wildman–Crippen LogP) is 2.32. The van der Waals surface area contributed by atoms with Gasteiger partial charge in [0.25, 0.3) is 0 Å². The van der Waals surface area contributed by atoms with Gasteiger partial charge in [0.2, 0.25) is 0 Å². The molecular formula is C15H18N2O2. The Labute approximate surface area is 111 Å². The van der Waals surface area contributed by atoms with Crippen molar-refractivity contribution in [3.05, 3.63) is 30.2 Å². The Balaban J connectivity index is 1.72. The minimum absolute atomic E-state index is 0.450. The lowest BCUT2D eigenvalue weighted by Gasteiger charge is -2.45. The SMILES string of the molecule is OC1(c2ccc3ocnc3c2)CC2CCCC(C1)N2. The third kappa shape index (κ3) is 1.86. The van der Waals surface area contributed by atoms with Gasteiger partial charge in [0.15, 0.2) is 12.0 Å². The number of benzene rings is 1. The third-order valence-electron chi connectivity index (χ3n) is 4.61. The zero-order valence-corrected chi connectivity index (χ0v) is 10.8. The lowest BCUT2D eigenvalue weighted by molar-refractivity contribution is -0.0357. The van der Waals surface area contributed by atoms with E-state index in [1.54, 1.807) is 0 Å². The number of nitrogens with zero attached hydrogens (tertiary/aromatic N) is 1. The Kier molecular flexibility index (Phi) is 2.44. The molecule has 0 radical (unpaired) electrons. The van der Waals surface area contributed by atoms with Crippen LogP contribution in [0, 0.1) is 0 Å². The maximum absolute atomic E-state index is 11.0. The van der Waals surface area contributed by atoms with Gasteiger partial charge in [0, 0.05) is 12.1 Å². The average molecular weight is 258 g/mol. The Bertz CT molecular complexity index is 595. The van der Waals surface area contributed by atoms with Gasteiger partial charge in [0.1, 0.15) is 5.52 Å². The van der Waals surface area contributed by atoms with Crippen LogP contribution in [0.3, 0.4) is 0 Å². The lowest BCUT2D eigenvalue weighted by Crippen LogP contribution is -2.54. The highest BCUT2D eigenvalue weighted by atomic mass is 16.3. The summed E-state index contributed by atoms with van der Waals surface area (Å²) >= 11 is 0. The molecule has 0 amide bonds. The predicted molar refractivity (Wildman–Crippen MR) is 71.7 cm³/mol. The van der Waals surface area contributed by atoms with Gasteiger partial charge in [-0.1, -0.05) is 12.5 Å². The highest BCUT2D eigenvalue weighted by Crippen LogP contribution is 2.40. The second-order valence-electron chi connectivity index (χ2n) is 5.97. The fraction of sp³-hybridized carbons (Fsp3) is 0.533. The van der Waals surface area contributed by atoms with E-state index in [1.807, 2.05) is 18.2 Å². The molecular weight excluding hydrogens is 240 g/mol. The Morgan fingerprint density at radius 3 is 2.84 bits per heavy atom. The summed E-state index contributed by atoms with van der Waals surface area (Å²) in [7, 11) is 0. The van der Waals surface area contributed by atoms with Crippen LogP contribution in [-0.4, -0.2) is 22.2 Å². The maximum atomic E-state index is 11.0. The summed E-state index contributed by atoms with van der Waals surface area (Å²) in [4.78, 5) is 4.18. The van der Waals surface area contributed by atoms with Gasteiger partial charge in [-0.15, -0.1) is 0 Å². The van der Waals surface area contributed by atoms with E-state index < -0.39 is 5.60 Å². The largest absolute Gasteiger partial charge is 0.443 e. The van der Waals surface area contributed by atoms with Crippen LogP contribution in [0.2, 0.25) is 0 Å². The first kappa shape index (κ1) is 11.4. The molecule has 1 aromatic carbocycles. The van der Waals surface area contributed by atoms with Crippen LogP contribution in [0.4, 0.5) is 0 Å². The number of piperidine rings is 2. The highest BCUT2D eigenvalue weighted by Gasteiger charge is 2.41. The Morgan fingerprint density at radius 2 is 2.05 bits per heavy atom. The van der Waals surface area contributed by atoms with Gasteiger partial charge in [-0.2, -0.15) is 0 Å². The molecule has 0 aliphatic carbocycles. The molecule has 100 valence electrons. The molecule has 2 N–H and O–H groups in total. The molecule has 4 nitrogen and oxygen atoms in total. The number of aliphatic hydroxyl groups is 1. The first-order valence-electron chi connectivity index (χ1n) is 7.05. The van der Waals surface area contributed by atoms with E-state index in [0.29, 0.717) is 12.1 Å². The molecule has 2 bridgehead atoms. The van der Waals surface area contributed by atoms with Gasteiger partial charge in [-0.05, 0) is 43.4 Å². The second kappa shape index (κ2) is 4.05. The molecule has 2 aromatic rings. The van der Waals surface area contributed by atoms with E-state index in [9.17, 15) is 5.11 Å². The van der Waals surface area contributed by atoms with E-state index in [4.69, 9.17) is 4.42 Å². The molecule has 19 heavy (non-hydrogen) atoms. The summed E-state index contributed by atoms with van der Waals surface area (Å²) in [5.41, 5.74) is 1.87. The minimum Gasteiger partial charge on any atom is -0.443 e. The first-order chi connectivity index (χ1) is 9.23. The number of hydrogen-bond acceptors (Lipinski definition) is 4. The first-order valence-corrected chi connectivity index (χ1v) is 7.05. The summed E-state index contributed by atoms with van der Waals surface area (Å²) in [6.07, 6.45) is 6.67. The van der Waals surface area contributed by atoms with Gasteiger partial charge in [-0.3, -0.25) is 0 Å². The normalized spacial score (nSPS) is 34.6. The van der Waals surface area contributed by atoms with Crippen LogP contribution >= 0.6 is 0 Å².